The highest BCUT2D eigenvalue weighted by atomic mass is 15.2. The highest BCUT2D eigenvalue weighted by Crippen LogP contribution is 2.21. The van der Waals surface area contributed by atoms with Crippen LogP contribution in [0.15, 0.2) is 42.5 Å². The molecule has 0 saturated heterocycles. The molecule has 3 nitrogen and oxygen atoms in total. The van der Waals surface area contributed by atoms with Gasteiger partial charge in [-0.2, -0.15) is 0 Å². The SMILES string of the molecule is CC[C@@H](N)c1ccc(N(C)Cc2ccccc2)nc1C. The first-order chi connectivity index (χ1) is 9.61. The maximum Gasteiger partial charge on any atom is 0.128 e. The van der Waals surface area contributed by atoms with Crippen LogP contribution in [-0.2, 0) is 6.54 Å². The molecule has 0 bridgehead atoms. The van der Waals surface area contributed by atoms with E-state index in [0.717, 1.165) is 30.0 Å². The third kappa shape index (κ3) is 3.36. The molecule has 2 N–H and O–H groups in total. The summed E-state index contributed by atoms with van der Waals surface area (Å²) in [6, 6.07) is 14.7. The Morgan fingerprint density at radius 1 is 1.15 bits per heavy atom. The second-order valence-electron chi connectivity index (χ2n) is 5.20. The van der Waals surface area contributed by atoms with Crippen molar-refractivity contribution in [1.82, 2.24) is 4.98 Å². The lowest BCUT2D eigenvalue weighted by Gasteiger charge is -2.20. The average molecular weight is 269 g/mol. The fourth-order valence-corrected chi connectivity index (χ4v) is 2.32. The van der Waals surface area contributed by atoms with Crippen LogP contribution in [0.5, 0.6) is 0 Å². The molecule has 0 aliphatic carbocycles. The van der Waals surface area contributed by atoms with Gasteiger partial charge < -0.3 is 10.6 Å². The lowest BCUT2D eigenvalue weighted by atomic mass is 10.0. The molecule has 3 heteroatoms. The van der Waals surface area contributed by atoms with Crippen LogP contribution < -0.4 is 10.6 Å². The van der Waals surface area contributed by atoms with Gasteiger partial charge in [0.25, 0.3) is 0 Å². The number of aromatic nitrogens is 1. The van der Waals surface area contributed by atoms with Gasteiger partial charge in [-0.1, -0.05) is 43.3 Å². The highest BCUT2D eigenvalue weighted by molar-refractivity contribution is 5.42. The monoisotopic (exact) mass is 269 g/mol. The number of aryl methyl sites for hydroxylation is 1. The summed E-state index contributed by atoms with van der Waals surface area (Å²) in [5.74, 6) is 0.985. The molecule has 0 aliphatic rings. The number of hydrogen-bond donors (Lipinski definition) is 1. The molecular weight excluding hydrogens is 246 g/mol. The zero-order valence-corrected chi connectivity index (χ0v) is 12.5. The van der Waals surface area contributed by atoms with Crippen molar-refractivity contribution in [2.75, 3.05) is 11.9 Å². The van der Waals surface area contributed by atoms with E-state index in [-0.39, 0.29) is 6.04 Å². The number of nitrogens with two attached hydrogens (primary N) is 1. The van der Waals surface area contributed by atoms with Crippen molar-refractivity contribution in [3.8, 4) is 0 Å². The quantitative estimate of drug-likeness (QED) is 0.904. The minimum Gasteiger partial charge on any atom is -0.355 e. The van der Waals surface area contributed by atoms with Gasteiger partial charge in [0.2, 0.25) is 0 Å². The van der Waals surface area contributed by atoms with Crippen molar-refractivity contribution in [2.45, 2.75) is 32.9 Å². The van der Waals surface area contributed by atoms with E-state index in [1.165, 1.54) is 5.56 Å². The topological polar surface area (TPSA) is 42.1 Å². The Bertz CT molecular complexity index is 551. The van der Waals surface area contributed by atoms with Crippen LogP contribution in [0.4, 0.5) is 5.82 Å². The van der Waals surface area contributed by atoms with E-state index in [4.69, 9.17) is 5.73 Å². The molecule has 1 aromatic carbocycles. The molecule has 2 rings (SSSR count). The first-order valence-electron chi connectivity index (χ1n) is 7.10. The van der Waals surface area contributed by atoms with Gasteiger partial charge in [0.1, 0.15) is 5.82 Å². The summed E-state index contributed by atoms with van der Waals surface area (Å²) < 4.78 is 0. The van der Waals surface area contributed by atoms with Crippen LogP contribution in [0.3, 0.4) is 0 Å². The maximum atomic E-state index is 6.09. The summed E-state index contributed by atoms with van der Waals surface area (Å²) in [4.78, 5) is 6.84. The Morgan fingerprint density at radius 2 is 1.85 bits per heavy atom. The summed E-state index contributed by atoms with van der Waals surface area (Å²) >= 11 is 0. The van der Waals surface area contributed by atoms with Crippen molar-refractivity contribution in [3.63, 3.8) is 0 Å². The standard InChI is InChI=1S/C17H23N3/c1-4-16(18)15-10-11-17(19-13(15)2)20(3)12-14-8-6-5-7-9-14/h5-11,16H,4,12,18H2,1-3H3/t16-/m1/s1. The molecular formula is C17H23N3. The number of rotatable bonds is 5. The van der Waals surface area contributed by atoms with Gasteiger partial charge in [-0.3, -0.25) is 0 Å². The van der Waals surface area contributed by atoms with Crippen LogP contribution in [0, 0.1) is 6.92 Å². The molecule has 0 aliphatic heterocycles. The zero-order valence-electron chi connectivity index (χ0n) is 12.5. The Morgan fingerprint density at radius 3 is 2.45 bits per heavy atom. The number of benzene rings is 1. The van der Waals surface area contributed by atoms with Gasteiger partial charge in [-0.05, 0) is 30.5 Å². The summed E-state index contributed by atoms with van der Waals surface area (Å²) in [5, 5.41) is 0. The van der Waals surface area contributed by atoms with E-state index in [2.05, 4.69) is 60.3 Å². The van der Waals surface area contributed by atoms with Gasteiger partial charge in [0.05, 0.1) is 0 Å². The number of anilines is 1. The van der Waals surface area contributed by atoms with Gasteiger partial charge in [-0.15, -0.1) is 0 Å². The minimum atomic E-state index is 0.0796. The van der Waals surface area contributed by atoms with E-state index < -0.39 is 0 Å². The smallest absolute Gasteiger partial charge is 0.128 e. The Kier molecular flexibility index (Phi) is 4.74. The maximum absolute atomic E-state index is 6.09. The molecule has 0 amide bonds. The molecule has 1 heterocycles. The van der Waals surface area contributed by atoms with E-state index in [1.807, 2.05) is 13.0 Å². The van der Waals surface area contributed by atoms with Crippen molar-refractivity contribution < 1.29 is 0 Å². The second-order valence-corrected chi connectivity index (χ2v) is 5.20. The minimum absolute atomic E-state index is 0.0796. The summed E-state index contributed by atoms with van der Waals surface area (Å²) in [7, 11) is 2.06. The molecule has 0 saturated carbocycles. The first-order valence-corrected chi connectivity index (χ1v) is 7.10. The third-order valence-electron chi connectivity index (χ3n) is 3.60. The molecule has 106 valence electrons. The molecule has 1 atom stereocenters. The molecule has 0 fully saturated rings. The number of hydrogen-bond acceptors (Lipinski definition) is 3. The predicted molar refractivity (Wildman–Crippen MR) is 84.7 cm³/mol. The average Bonchev–Trinajstić information content (AvgIpc) is 2.47. The van der Waals surface area contributed by atoms with Crippen molar-refractivity contribution in [3.05, 3.63) is 59.3 Å². The molecule has 20 heavy (non-hydrogen) atoms. The zero-order chi connectivity index (χ0) is 14.5. The van der Waals surface area contributed by atoms with Gasteiger partial charge >= 0.3 is 0 Å². The van der Waals surface area contributed by atoms with Crippen LogP contribution in [0.2, 0.25) is 0 Å². The van der Waals surface area contributed by atoms with Crippen LogP contribution in [-0.4, -0.2) is 12.0 Å². The van der Waals surface area contributed by atoms with Crippen LogP contribution >= 0.6 is 0 Å². The highest BCUT2D eigenvalue weighted by Gasteiger charge is 2.10. The van der Waals surface area contributed by atoms with Crippen molar-refractivity contribution >= 4 is 5.82 Å². The Balaban J connectivity index is 2.15. The second kappa shape index (κ2) is 6.53. The number of pyridine rings is 1. The van der Waals surface area contributed by atoms with Crippen LogP contribution in [0.1, 0.15) is 36.2 Å². The Hall–Kier alpha value is -1.87. The summed E-state index contributed by atoms with van der Waals surface area (Å²) in [6.45, 7) is 4.98. The van der Waals surface area contributed by atoms with Gasteiger partial charge in [0, 0.05) is 25.3 Å². The molecule has 0 unspecified atom stereocenters. The largest absolute Gasteiger partial charge is 0.355 e. The van der Waals surface area contributed by atoms with E-state index in [0.29, 0.717) is 0 Å². The van der Waals surface area contributed by atoms with Crippen molar-refractivity contribution in [2.24, 2.45) is 5.73 Å². The van der Waals surface area contributed by atoms with Crippen molar-refractivity contribution in [1.29, 1.82) is 0 Å². The third-order valence-corrected chi connectivity index (χ3v) is 3.60. The lowest BCUT2D eigenvalue weighted by Crippen LogP contribution is -2.19. The van der Waals surface area contributed by atoms with E-state index in [1.54, 1.807) is 0 Å². The summed E-state index contributed by atoms with van der Waals surface area (Å²) in [6.07, 6.45) is 0.932. The Labute approximate surface area is 121 Å². The summed E-state index contributed by atoms with van der Waals surface area (Å²) in [5.41, 5.74) is 9.54. The number of nitrogens with zero attached hydrogens (tertiary/aromatic N) is 2. The normalized spacial score (nSPS) is 12.2. The fourth-order valence-electron chi connectivity index (χ4n) is 2.32. The lowest BCUT2D eigenvalue weighted by molar-refractivity contribution is 0.688. The van der Waals surface area contributed by atoms with Gasteiger partial charge in [0.15, 0.2) is 0 Å². The van der Waals surface area contributed by atoms with E-state index >= 15 is 0 Å². The molecule has 0 radical (unpaired) electrons. The molecule has 0 spiro atoms. The van der Waals surface area contributed by atoms with Crippen LogP contribution in [0.25, 0.3) is 0 Å². The first kappa shape index (κ1) is 14.5. The fraction of sp³-hybridized carbons (Fsp3) is 0.353. The predicted octanol–water partition coefficient (Wildman–Crippen LogP) is 3.44. The van der Waals surface area contributed by atoms with E-state index in [9.17, 15) is 0 Å². The molecule has 2 aromatic rings. The van der Waals surface area contributed by atoms with Gasteiger partial charge in [-0.25, -0.2) is 4.98 Å². The molecule has 1 aromatic heterocycles.